The minimum Gasteiger partial charge on any atom is -0.490 e. The summed E-state index contributed by atoms with van der Waals surface area (Å²) in [5.74, 6) is 0.0904. The van der Waals surface area contributed by atoms with Gasteiger partial charge in [0, 0.05) is 23.6 Å². The fraction of sp³-hybridized carbons (Fsp3) is 0.333. The Balaban J connectivity index is 2.80. The highest BCUT2D eigenvalue weighted by Gasteiger charge is 2.26. The van der Waals surface area contributed by atoms with Crippen LogP contribution in [0.15, 0.2) is 24.3 Å². The third-order valence-corrected chi connectivity index (χ3v) is 3.45. The molecule has 0 fully saturated rings. The van der Waals surface area contributed by atoms with Crippen LogP contribution in [0.1, 0.15) is 26.7 Å². The molecule has 24 heavy (non-hydrogen) atoms. The van der Waals surface area contributed by atoms with E-state index in [2.05, 4.69) is 0 Å². The van der Waals surface area contributed by atoms with Crippen molar-refractivity contribution >= 4 is 22.7 Å². The van der Waals surface area contributed by atoms with E-state index in [1.807, 2.05) is 0 Å². The largest absolute Gasteiger partial charge is 0.490 e. The quantitative estimate of drug-likeness (QED) is 0.596. The van der Waals surface area contributed by atoms with Crippen LogP contribution < -0.4 is 18.9 Å². The van der Waals surface area contributed by atoms with E-state index < -0.39 is 11.9 Å². The van der Waals surface area contributed by atoms with E-state index in [9.17, 15) is 9.59 Å². The molecule has 2 aromatic rings. The molecule has 0 aliphatic heterocycles. The minimum absolute atomic E-state index is 0.205. The predicted molar refractivity (Wildman–Crippen MR) is 88.9 cm³/mol. The van der Waals surface area contributed by atoms with Crippen molar-refractivity contribution in [3.05, 3.63) is 24.3 Å². The van der Waals surface area contributed by atoms with Gasteiger partial charge in [0.15, 0.2) is 11.5 Å². The average Bonchev–Trinajstić information content (AvgIpc) is 2.62. The number of benzene rings is 2. The van der Waals surface area contributed by atoms with Crippen LogP contribution in [-0.2, 0) is 9.59 Å². The molecule has 0 radical (unpaired) electrons. The van der Waals surface area contributed by atoms with Crippen LogP contribution in [0.2, 0.25) is 0 Å². The van der Waals surface area contributed by atoms with E-state index in [4.69, 9.17) is 18.9 Å². The summed E-state index contributed by atoms with van der Waals surface area (Å²) in [5.41, 5.74) is 0. The van der Waals surface area contributed by atoms with Crippen LogP contribution in [0.5, 0.6) is 23.0 Å². The highest BCUT2D eigenvalue weighted by atomic mass is 16.6. The molecule has 0 bridgehead atoms. The molecule has 0 spiro atoms. The molecule has 0 amide bonds. The van der Waals surface area contributed by atoms with E-state index in [1.165, 1.54) is 14.2 Å². The summed E-state index contributed by atoms with van der Waals surface area (Å²) in [7, 11) is 2.86. The molecule has 6 nitrogen and oxygen atoms in total. The number of carbonyl (C=O) groups excluding carboxylic acids is 2. The minimum atomic E-state index is -0.404. The van der Waals surface area contributed by atoms with Crippen molar-refractivity contribution in [2.24, 2.45) is 0 Å². The molecule has 0 saturated heterocycles. The Hall–Kier alpha value is -2.76. The smallest absolute Gasteiger partial charge is 0.311 e. The number of fused-ring (bicyclic) bond motifs is 1. The monoisotopic (exact) mass is 332 g/mol. The second-order valence-corrected chi connectivity index (χ2v) is 4.93. The maximum absolute atomic E-state index is 11.8. The van der Waals surface area contributed by atoms with Gasteiger partial charge in [0.25, 0.3) is 0 Å². The SMILES string of the molecule is CCC(=O)Oc1c(OC)c(OC)c(OC(=O)CC)c2ccccc12. The Bertz CT molecular complexity index is 701. The van der Waals surface area contributed by atoms with Crippen molar-refractivity contribution in [2.45, 2.75) is 26.7 Å². The molecular weight excluding hydrogens is 312 g/mol. The van der Waals surface area contributed by atoms with E-state index in [0.29, 0.717) is 10.8 Å². The van der Waals surface area contributed by atoms with E-state index in [-0.39, 0.29) is 35.8 Å². The molecule has 0 aliphatic carbocycles. The lowest BCUT2D eigenvalue weighted by atomic mass is 10.1. The number of esters is 2. The molecule has 0 aliphatic rings. The van der Waals surface area contributed by atoms with E-state index in [1.54, 1.807) is 38.1 Å². The third-order valence-electron chi connectivity index (χ3n) is 3.45. The van der Waals surface area contributed by atoms with Crippen molar-refractivity contribution in [3.63, 3.8) is 0 Å². The molecule has 0 aromatic heterocycles. The Morgan fingerprint density at radius 2 is 1.12 bits per heavy atom. The fourth-order valence-corrected chi connectivity index (χ4v) is 2.28. The van der Waals surface area contributed by atoms with Gasteiger partial charge >= 0.3 is 11.9 Å². The summed E-state index contributed by atoms with van der Waals surface area (Å²) in [6.07, 6.45) is 0.429. The van der Waals surface area contributed by atoms with Gasteiger partial charge < -0.3 is 18.9 Å². The molecule has 128 valence electrons. The van der Waals surface area contributed by atoms with Crippen LogP contribution in [0, 0.1) is 0 Å². The van der Waals surface area contributed by atoms with Crippen molar-refractivity contribution in [1.82, 2.24) is 0 Å². The molecule has 0 unspecified atom stereocenters. The normalized spacial score (nSPS) is 10.3. The summed E-state index contributed by atoms with van der Waals surface area (Å²) in [6, 6.07) is 7.11. The van der Waals surface area contributed by atoms with Gasteiger partial charge in [-0.1, -0.05) is 38.1 Å². The van der Waals surface area contributed by atoms with Crippen LogP contribution in [0.3, 0.4) is 0 Å². The molecule has 6 heteroatoms. The zero-order valence-corrected chi connectivity index (χ0v) is 14.2. The third kappa shape index (κ3) is 3.27. The summed E-state index contributed by atoms with van der Waals surface area (Å²) in [4.78, 5) is 23.6. The zero-order chi connectivity index (χ0) is 17.7. The Morgan fingerprint density at radius 3 is 1.42 bits per heavy atom. The summed E-state index contributed by atoms with van der Waals surface area (Å²) < 4.78 is 21.7. The molecule has 0 saturated carbocycles. The molecular formula is C18H20O6. The molecule has 2 aromatic carbocycles. The molecule has 0 heterocycles. The van der Waals surface area contributed by atoms with Crippen LogP contribution >= 0.6 is 0 Å². The van der Waals surface area contributed by atoms with Gasteiger partial charge in [0.05, 0.1) is 14.2 Å². The number of carbonyl (C=O) groups is 2. The number of hydrogen-bond donors (Lipinski definition) is 0. The highest BCUT2D eigenvalue weighted by molar-refractivity contribution is 6.01. The number of methoxy groups -OCH3 is 2. The lowest BCUT2D eigenvalue weighted by Gasteiger charge is -2.19. The van der Waals surface area contributed by atoms with Gasteiger partial charge in [-0.25, -0.2) is 0 Å². The Kier molecular flexibility index (Phi) is 5.63. The van der Waals surface area contributed by atoms with Crippen molar-refractivity contribution < 1.29 is 28.5 Å². The lowest BCUT2D eigenvalue weighted by molar-refractivity contribution is -0.135. The molecule has 2 rings (SSSR count). The number of rotatable bonds is 6. The van der Waals surface area contributed by atoms with Gasteiger partial charge in [0.1, 0.15) is 0 Å². The van der Waals surface area contributed by atoms with Crippen LogP contribution in [-0.4, -0.2) is 26.2 Å². The number of ether oxygens (including phenoxy) is 4. The lowest BCUT2D eigenvalue weighted by Crippen LogP contribution is -2.11. The first-order valence-electron chi connectivity index (χ1n) is 7.65. The van der Waals surface area contributed by atoms with Gasteiger partial charge in [0.2, 0.25) is 11.5 Å². The summed E-state index contributed by atoms with van der Waals surface area (Å²) in [5, 5.41) is 1.19. The van der Waals surface area contributed by atoms with Crippen LogP contribution in [0.4, 0.5) is 0 Å². The van der Waals surface area contributed by atoms with Gasteiger partial charge in [-0.05, 0) is 0 Å². The van der Waals surface area contributed by atoms with Crippen molar-refractivity contribution in [3.8, 4) is 23.0 Å². The van der Waals surface area contributed by atoms with Crippen LogP contribution in [0.25, 0.3) is 10.8 Å². The van der Waals surface area contributed by atoms with Gasteiger partial charge in [-0.3, -0.25) is 9.59 Å². The second-order valence-electron chi connectivity index (χ2n) is 4.93. The van der Waals surface area contributed by atoms with E-state index in [0.717, 1.165) is 0 Å². The molecule has 0 atom stereocenters. The predicted octanol–water partition coefficient (Wildman–Crippen LogP) is 3.49. The van der Waals surface area contributed by atoms with Gasteiger partial charge in [-0.2, -0.15) is 0 Å². The Morgan fingerprint density at radius 1 is 0.750 bits per heavy atom. The topological polar surface area (TPSA) is 71.1 Å². The fourth-order valence-electron chi connectivity index (χ4n) is 2.28. The number of hydrogen-bond acceptors (Lipinski definition) is 6. The summed E-state index contributed by atoms with van der Waals surface area (Å²) in [6.45, 7) is 3.40. The first-order chi connectivity index (χ1) is 11.6. The first kappa shape index (κ1) is 17.6. The summed E-state index contributed by atoms with van der Waals surface area (Å²) >= 11 is 0. The zero-order valence-electron chi connectivity index (χ0n) is 14.2. The van der Waals surface area contributed by atoms with E-state index >= 15 is 0 Å². The molecule has 0 N–H and O–H groups in total. The maximum Gasteiger partial charge on any atom is 0.311 e. The average molecular weight is 332 g/mol. The van der Waals surface area contributed by atoms with Crippen molar-refractivity contribution in [2.75, 3.05) is 14.2 Å². The maximum atomic E-state index is 11.8. The highest BCUT2D eigenvalue weighted by Crippen LogP contribution is 2.51. The first-order valence-corrected chi connectivity index (χ1v) is 7.65. The standard InChI is InChI=1S/C18H20O6/c1-5-13(19)23-15-11-9-7-8-10-12(11)16(24-14(20)6-2)18(22-4)17(15)21-3/h7-10H,5-6H2,1-4H3. The second kappa shape index (κ2) is 7.68. The van der Waals surface area contributed by atoms with Gasteiger partial charge in [-0.15, -0.1) is 0 Å². The Labute approximate surface area is 140 Å². The van der Waals surface area contributed by atoms with Crippen molar-refractivity contribution in [1.29, 1.82) is 0 Å².